The number of nitrogens with zero attached hydrogens (tertiary/aromatic N) is 1. The van der Waals surface area contributed by atoms with E-state index < -0.39 is 25.7 Å². The predicted molar refractivity (Wildman–Crippen MR) is 78.7 cm³/mol. The maximum Gasteiger partial charge on any atom is 0.264 e. The van der Waals surface area contributed by atoms with Gasteiger partial charge in [-0.3, -0.25) is 4.79 Å². The van der Waals surface area contributed by atoms with Gasteiger partial charge in [0, 0.05) is 23.8 Å². The third kappa shape index (κ3) is 3.33. The maximum absolute atomic E-state index is 13.6. The van der Waals surface area contributed by atoms with Crippen LogP contribution in [-0.4, -0.2) is 32.3 Å². The quantitative estimate of drug-likeness (QED) is 0.767. The Hall–Kier alpha value is -0.850. The van der Waals surface area contributed by atoms with Crippen molar-refractivity contribution < 1.29 is 17.6 Å². The number of amides is 1. The molecule has 1 fully saturated rings. The SMILES string of the molecule is CC1CN(C(=O)c2cc(S(=O)(=O)Cl)c(F)cc2Cl)CC1C. The second-order valence-corrected chi connectivity index (χ2v) is 8.31. The Bertz CT molecular complexity index is 683. The maximum atomic E-state index is 13.6. The highest BCUT2D eigenvalue weighted by Crippen LogP contribution is 2.29. The van der Waals surface area contributed by atoms with E-state index in [4.69, 9.17) is 22.3 Å². The van der Waals surface area contributed by atoms with Crippen molar-refractivity contribution in [2.75, 3.05) is 13.1 Å². The zero-order chi connectivity index (χ0) is 15.9. The van der Waals surface area contributed by atoms with Crippen LogP contribution in [0.2, 0.25) is 5.02 Å². The summed E-state index contributed by atoms with van der Waals surface area (Å²) in [7, 11) is 0.880. The fraction of sp³-hybridized carbons (Fsp3) is 0.462. The van der Waals surface area contributed by atoms with Crippen LogP contribution in [0, 0.1) is 17.7 Å². The Morgan fingerprint density at radius 1 is 1.29 bits per heavy atom. The Balaban J connectivity index is 2.43. The Kier molecular flexibility index (Phi) is 4.52. The van der Waals surface area contributed by atoms with Gasteiger partial charge in [0.1, 0.15) is 10.7 Å². The number of halogens is 3. The lowest BCUT2D eigenvalue weighted by Crippen LogP contribution is -2.29. The molecule has 0 aromatic heterocycles. The minimum absolute atomic E-state index is 0.0569. The van der Waals surface area contributed by atoms with Gasteiger partial charge in [-0.15, -0.1) is 0 Å². The molecular weight excluding hydrogens is 340 g/mol. The van der Waals surface area contributed by atoms with Crippen LogP contribution in [0.15, 0.2) is 17.0 Å². The molecule has 1 heterocycles. The number of rotatable bonds is 2. The van der Waals surface area contributed by atoms with Crippen molar-refractivity contribution >= 4 is 37.2 Å². The Morgan fingerprint density at radius 3 is 2.29 bits per heavy atom. The number of carbonyl (C=O) groups is 1. The van der Waals surface area contributed by atoms with Crippen LogP contribution in [0.5, 0.6) is 0 Å². The number of likely N-dealkylation sites (tertiary alicyclic amines) is 1. The third-order valence-corrected chi connectivity index (χ3v) is 5.44. The molecule has 0 saturated carbocycles. The van der Waals surface area contributed by atoms with Crippen molar-refractivity contribution in [3.05, 3.63) is 28.5 Å². The normalized spacial score (nSPS) is 22.6. The van der Waals surface area contributed by atoms with Gasteiger partial charge in [0.2, 0.25) is 0 Å². The van der Waals surface area contributed by atoms with Crippen molar-refractivity contribution in [2.45, 2.75) is 18.7 Å². The number of hydrogen-bond donors (Lipinski definition) is 0. The van der Waals surface area contributed by atoms with Crippen LogP contribution in [0.1, 0.15) is 24.2 Å². The monoisotopic (exact) mass is 353 g/mol. The van der Waals surface area contributed by atoms with Gasteiger partial charge < -0.3 is 4.90 Å². The first kappa shape index (κ1) is 16.5. The summed E-state index contributed by atoms with van der Waals surface area (Å²) >= 11 is 5.87. The van der Waals surface area contributed by atoms with Crippen molar-refractivity contribution in [3.8, 4) is 0 Å². The molecule has 4 nitrogen and oxygen atoms in total. The van der Waals surface area contributed by atoms with Crippen LogP contribution < -0.4 is 0 Å². The van der Waals surface area contributed by atoms with Gasteiger partial charge in [0.15, 0.2) is 0 Å². The smallest absolute Gasteiger partial charge is 0.264 e. The molecule has 2 unspecified atom stereocenters. The van der Waals surface area contributed by atoms with Crippen LogP contribution in [0.4, 0.5) is 4.39 Å². The molecule has 0 bridgehead atoms. The van der Waals surface area contributed by atoms with E-state index in [2.05, 4.69) is 0 Å². The molecule has 8 heteroatoms. The molecule has 2 rings (SSSR count). The van der Waals surface area contributed by atoms with Crippen LogP contribution in [-0.2, 0) is 9.05 Å². The zero-order valence-electron chi connectivity index (χ0n) is 11.4. The topological polar surface area (TPSA) is 54.5 Å². The Labute approximate surface area is 132 Å². The molecule has 1 amide bonds. The van der Waals surface area contributed by atoms with Gasteiger partial charge in [-0.1, -0.05) is 25.4 Å². The minimum atomic E-state index is -4.28. The van der Waals surface area contributed by atoms with E-state index in [0.717, 1.165) is 12.1 Å². The van der Waals surface area contributed by atoms with E-state index in [0.29, 0.717) is 24.9 Å². The fourth-order valence-electron chi connectivity index (χ4n) is 2.35. The summed E-state index contributed by atoms with van der Waals surface area (Å²) in [4.78, 5) is 13.3. The molecule has 1 aliphatic heterocycles. The average Bonchev–Trinajstić information content (AvgIpc) is 2.67. The highest BCUT2D eigenvalue weighted by Gasteiger charge is 2.32. The van der Waals surface area contributed by atoms with Crippen molar-refractivity contribution in [1.29, 1.82) is 0 Å². The highest BCUT2D eigenvalue weighted by atomic mass is 35.7. The fourth-order valence-corrected chi connectivity index (χ4v) is 3.48. The molecule has 0 aliphatic carbocycles. The average molecular weight is 354 g/mol. The molecule has 0 radical (unpaired) electrons. The molecule has 1 aromatic carbocycles. The van der Waals surface area contributed by atoms with E-state index in [1.54, 1.807) is 4.90 Å². The lowest BCUT2D eigenvalue weighted by Gasteiger charge is -2.17. The van der Waals surface area contributed by atoms with Gasteiger partial charge in [-0.2, -0.15) is 0 Å². The number of hydrogen-bond acceptors (Lipinski definition) is 3. The van der Waals surface area contributed by atoms with Gasteiger partial charge in [0.05, 0.1) is 10.6 Å². The second kappa shape index (κ2) is 5.74. The summed E-state index contributed by atoms with van der Waals surface area (Å²) in [6.45, 7) is 5.16. The second-order valence-electron chi connectivity index (χ2n) is 5.37. The molecule has 1 saturated heterocycles. The molecule has 0 spiro atoms. The van der Waals surface area contributed by atoms with Crippen molar-refractivity contribution in [1.82, 2.24) is 4.90 Å². The van der Waals surface area contributed by atoms with E-state index in [-0.39, 0.29) is 10.6 Å². The highest BCUT2D eigenvalue weighted by molar-refractivity contribution is 8.13. The van der Waals surface area contributed by atoms with E-state index in [1.807, 2.05) is 13.8 Å². The molecule has 2 atom stereocenters. The summed E-state index contributed by atoms with van der Waals surface area (Å²) in [5.74, 6) is -0.818. The molecular formula is C13H14Cl2FNO3S. The lowest BCUT2D eigenvalue weighted by atomic mass is 10.0. The molecule has 21 heavy (non-hydrogen) atoms. The summed E-state index contributed by atoms with van der Waals surface area (Å²) in [5, 5.41) is -0.131. The first-order valence-corrected chi connectivity index (χ1v) is 9.03. The molecule has 1 aliphatic rings. The van der Waals surface area contributed by atoms with Gasteiger partial charge >= 0.3 is 0 Å². The first-order chi connectivity index (χ1) is 9.61. The van der Waals surface area contributed by atoms with Gasteiger partial charge in [-0.05, 0) is 24.0 Å². The van der Waals surface area contributed by atoms with Crippen LogP contribution in [0.3, 0.4) is 0 Å². The Morgan fingerprint density at radius 2 is 1.81 bits per heavy atom. The van der Waals surface area contributed by atoms with Crippen LogP contribution >= 0.6 is 22.3 Å². The van der Waals surface area contributed by atoms with E-state index >= 15 is 0 Å². The number of carbonyl (C=O) groups excluding carboxylic acids is 1. The van der Waals surface area contributed by atoms with Crippen molar-refractivity contribution in [2.24, 2.45) is 11.8 Å². The van der Waals surface area contributed by atoms with Gasteiger partial charge in [0.25, 0.3) is 15.0 Å². The summed E-state index contributed by atoms with van der Waals surface area (Å²) in [6, 6.07) is 1.70. The van der Waals surface area contributed by atoms with Gasteiger partial charge in [-0.25, -0.2) is 12.8 Å². The minimum Gasteiger partial charge on any atom is -0.338 e. The van der Waals surface area contributed by atoms with E-state index in [9.17, 15) is 17.6 Å². The van der Waals surface area contributed by atoms with Crippen LogP contribution in [0.25, 0.3) is 0 Å². The summed E-state index contributed by atoms with van der Waals surface area (Å²) in [6.07, 6.45) is 0. The summed E-state index contributed by atoms with van der Waals surface area (Å²) < 4.78 is 36.3. The van der Waals surface area contributed by atoms with E-state index in [1.165, 1.54) is 0 Å². The predicted octanol–water partition coefficient (Wildman–Crippen LogP) is 3.13. The first-order valence-electron chi connectivity index (χ1n) is 6.34. The standard InChI is InChI=1S/C13H14Cl2FNO3S/c1-7-5-17(6-8(7)2)13(18)9-3-12(21(15,19)20)11(16)4-10(9)14/h3-4,7-8H,5-6H2,1-2H3. The molecule has 0 N–H and O–H groups in total. The molecule has 1 aromatic rings. The zero-order valence-corrected chi connectivity index (χ0v) is 13.8. The van der Waals surface area contributed by atoms with Crippen molar-refractivity contribution in [3.63, 3.8) is 0 Å². The molecule has 116 valence electrons. The summed E-state index contributed by atoms with van der Waals surface area (Å²) in [5.41, 5.74) is -0.0569. The lowest BCUT2D eigenvalue weighted by molar-refractivity contribution is 0.0785. The largest absolute Gasteiger partial charge is 0.338 e. The number of benzene rings is 1. The third-order valence-electron chi connectivity index (χ3n) is 3.79.